The summed E-state index contributed by atoms with van der Waals surface area (Å²) >= 11 is 0. The summed E-state index contributed by atoms with van der Waals surface area (Å²) in [6.45, 7) is 7.33. The average Bonchev–Trinajstić information content (AvgIpc) is 3.31. The number of aliphatic imine (C=N–C) groups is 1. The summed E-state index contributed by atoms with van der Waals surface area (Å²) in [4.78, 5) is 6.85. The average molecular weight is 340 g/mol. The van der Waals surface area contributed by atoms with Crippen LogP contribution in [0.25, 0.3) is 5.69 Å². The van der Waals surface area contributed by atoms with Gasteiger partial charge in [-0.25, -0.2) is 0 Å². The minimum atomic E-state index is 0.432. The number of rotatable bonds is 5. The standard InChI is InChI=1S/C19H28N6/c1-4-19(5-2)11-12-24(14-19)18(20-3)21-13-17-23-22-15-25(17)16-9-7-6-8-10-16/h6-10,15H,4-5,11-14H2,1-3H3,(H,20,21). The summed E-state index contributed by atoms with van der Waals surface area (Å²) in [6, 6.07) is 10.2. The molecule has 0 atom stereocenters. The summed E-state index contributed by atoms with van der Waals surface area (Å²) in [6.07, 6.45) is 5.43. The molecule has 1 saturated heterocycles. The molecule has 0 unspecified atom stereocenters. The molecule has 1 fully saturated rings. The highest BCUT2D eigenvalue weighted by molar-refractivity contribution is 5.80. The van der Waals surface area contributed by atoms with E-state index in [-0.39, 0.29) is 0 Å². The predicted molar refractivity (Wildman–Crippen MR) is 101 cm³/mol. The Bertz CT molecular complexity index is 702. The van der Waals surface area contributed by atoms with Gasteiger partial charge in [-0.05, 0) is 36.8 Å². The van der Waals surface area contributed by atoms with Crippen molar-refractivity contribution in [1.82, 2.24) is 25.0 Å². The van der Waals surface area contributed by atoms with Crippen LogP contribution in [0.2, 0.25) is 0 Å². The van der Waals surface area contributed by atoms with Crippen molar-refractivity contribution in [1.29, 1.82) is 0 Å². The Labute approximate surface area is 150 Å². The van der Waals surface area contributed by atoms with E-state index in [2.05, 4.69) is 51.4 Å². The van der Waals surface area contributed by atoms with E-state index in [0.29, 0.717) is 12.0 Å². The van der Waals surface area contributed by atoms with E-state index in [1.54, 1.807) is 6.33 Å². The highest BCUT2D eigenvalue weighted by Gasteiger charge is 2.36. The molecule has 1 N–H and O–H groups in total. The third-order valence-corrected chi connectivity index (χ3v) is 5.51. The number of benzene rings is 1. The quantitative estimate of drug-likeness (QED) is 0.672. The molecule has 6 heteroatoms. The number of hydrogen-bond acceptors (Lipinski definition) is 3. The molecule has 0 amide bonds. The lowest BCUT2D eigenvalue weighted by Crippen LogP contribution is -2.41. The maximum atomic E-state index is 4.48. The molecule has 3 rings (SSSR count). The number of guanidine groups is 1. The Morgan fingerprint density at radius 3 is 2.64 bits per heavy atom. The van der Waals surface area contributed by atoms with Gasteiger partial charge in [0.2, 0.25) is 0 Å². The van der Waals surface area contributed by atoms with Crippen LogP contribution in [0.1, 0.15) is 38.9 Å². The third kappa shape index (κ3) is 3.67. The molecule has 1 aliphatic heterocycles. The van der Waals surface area contributed by atoms with Crippen LogP contribution < -0.4 is 5.32 Å². The Balaban J connectivity index is 1.67. The van der Waals surface area contributed by atoms with Gasteiger partial charge in [0.1, 0.15) is 6.33 Å². The highest BCUT2D eigenvalue weighted by Crippen LogP contribution is 2.36. The number of hydrogen-bond donors (Lipinski definition) is 1. The van der Waals surface area contributed by atoms with E-state index in [9.17, 15) is 0 Å². The van der Waals surface area contributed by atoms with Crippen LogP contribution in [0.4, 0.5) is 0 Å². The Kier molecular flexibility index (Phi) is 5.36. The van der Waals surface area contributed by atoms with Crippen molar-refractivity contribution in [3.63, 3.8) is 0 Å². The normalized spacial score (nSPS) is 17.1. The van der Waals surface area contributed by atoms with Gasteiger partial charge in [-0.2, -0.15) is 0 Å². The second-order valence-electron chi connectivity index (χ2n) is 6.73. The van der Waals surface area contributed by atoms with Crippen molar-refractivity contribution in [2.45, 2.75) is 39.7 Å². The molecular formula is C19H28N6. The van der Waals surface area contributed by atoms with E-state index < -0.39 is 0 Å². The van der Waals surface area contributed by atoms with Crippen LogP contribution in [0, 0.1) is 5.41 Å². The number of aromatic nitrogens is 3. The minimum Gasteiger partial charge on any atom is -0.349 e. The number of para-hydroxylation sites is 1. The second kappa shape index (κ2) is 7.68. The zero-order chi connectivity index (χ0) is 17.7. The van der Waals surface area contributed by atoms with Crippen molar-refractivity contribution in [3.05, 3.63) is 42.5 Å². The zero-order valence-electron chi connectivity index (χ0n) is 15.4. The number of likely N-dealkylation sites (tertiary alicyclic amines) is 1. The molecule has 0 saturated carbocycles. The minimum absolute atomic E-state index is 0.432. The monoisotopic (exact) mass is 340 g/mol. The molecule has 1 aromatic carbocycles. The van der Waals surface area contributed by atoms with Crippen molar-refractivity contribution in [3.8, 4) is 5.69 Å². The highest BCUT2D eigenvalue weighted by atomic mass is 15.3. The summed E-state index contributed by atoms with van der Waals surface area (Å²) < 4.78 is 2.01. The molecule has 0 spiro atoms. The van der Waals surface area contributed by atoms with Crippen molar-refractivity contribution in [2.75, 3.05) is 20.1 Å². The fraction of sp³-hybridized carbons (Fsp3) is 0.526. The molecule has 0 aliphatic carbocycles. The van der Waals surface area contributed by atoms with Gasteiger partial charge in [0.05, 0.1) is 6.54 Å². The first-order chi connectivity index (χ1) is 12.2. The summed E-state index contributed by atoms with van der Waals surface area (Å²) in [7, 11) is 1.85. The fourth-order valence-corrected chi connectivity index (χ4v) is 3.62. The van der Waals surface area contributed by atoms with Crippen molar-refractivity contribution in [2.24, 2.45) is 10.4 Å². The molecule has 1 aliphatic rings. The first kappa shape index (κ1) is 17.5. The Morgan fingerprint density at radius 1 is 1.24 bits per heavy atom. The lowest BCUT2D eigenvalue weighted by molar-refractivity contribution is 0.276. The molecule has 1 aromatic heterocycles. The maximum absolute atomic E-state index is 4.48. The Hall–Kier alpha value is -2.37. The van der Waals surface area contributed by atoms with E-state index in [0.717, 1.165) is 30.6 Å². The smallest absolute Gasteiger partial charge is 0.194 e. The molecule has 25 heavy (non-hydrogen) atoms. The molecule has 6 nitrogen and oxygen atoms in total. The van der Waals surface area contributed by atoms with Gasteiger partial charge in [0, 0.05) is 25.8 Å². The summed E-state index contributed by atoms with van der Waals surface area (Å²) in [5.41, 5.74) is 1.50. The first-order valence-corrected chi connectivity index (χ1v) is 9.11. The van der Waals surface area contributed by atoms with E-state index in [1.165, 1.54) is 19.3 Å². The van der Waals surface area contributed by atoms with Crippen LogP contribution in [-0.4, -0.2) is 45.8 Å². The molecule has 2 aromatic rings. The summed E-state index contributed by atoms with van der Waals surface area (Å²) in [5, 5.41) is 11.8. The second-order valence-corrected chi connectivity index (χ2v) is 6.73. The number of nitrogens with zero attached hydrogens (tertiary/aromatic N) is 5. The molecule has 2 heterocycles. The lowest BCUT2D eigenvalue weighted by Gasteiger charge is -2.27. The van der Waals surface area contributed by atoms with Crippen molar-refractivity contribution < 1.29 is 0 Å². The van der Waals surface area contributed by atoms with E-state index in [1.807, 2.05) is 29.8 Å². The fourth-order valence-electron chi connectivity index (χ4n) is 3.62. The van der Waals surface area contributed by atoms with Gasteiger partial charge >= 0.3 is 0 Å². The van der Waals surface area contributed by atoms with Crippen LogP contribution in [-0.2, 0) is 6.54 Å². The van der Waals surface area contributed by atoms with Gasteiger partial charge in [-0.3, -0.25) is 9.56 Å². The van der Waals surface area contributed by atoms with Crippen LogP contribution in [0.3, 0.4) is 0 Å². The SMILES string of the molecule is CCC1(CC)CCN(C(=NC)NCc2nncn2-c2ccccc2)C1. The van der Waals surface area contributed by atoms with Crippen LogP contribution in [0.5, 0.6) is 0 Å². The lowest BCUT2D eigenvalue weighted by atomic mass is 9.82. The van der Waals surface area contributed by atoms with Crippen LogP contribution >= 0.6 is 0 Å². The topological polar surface area (TPSA) is 58.3 Å². The molecule has 134 valence electrons. The Morgan fingerprint density at radius 2 is 2.00 bits per heavy atom. The first-order valence-electron chi connectivity index (χ1n) is 9.11. The van der Waals surface area contributed by atoms with E-state index >= 15 is 0 Å². The third-order valence-electron chi connectivity index (χ3n) is 5.51. The molecule has 0 bridgehead atoms. The molecular weight excluding hydrogens is 312 g/mol. The van der Waals surface area contributed by atoms with Gasteiger partial charge in [-0.15, -0.1) is 10.2 Å². The van der Waals surface area contributed by atoms with E-state index in [4.69, 9.17) is 0 Å². The van der Waals surface area contributed by atoms with Gasteiger partial charge in [-0.1, -0.05) is 32.0 Å². The van der Waals surface area contributed by atoms with Gasteiger partial charge in [0.15, 0.2) is 11.8 Å². The summed E-state index contributed by atoms with van der Waals surface area (Å²) in [5.74, 6) is 1.83. The van der Waals surface area contributed by atoms with Gasteiger partial charge in [0.25, 0.3) is 0 Å². The zero-order valence-corrected chi connectivity index (χ0v) is 15.4. The molecule has 0 radical (unpaired) electrons. The largest absolute Gasteiger partial charge is 0.349 e. The van der Waals surface area contributed by atoms with Crippen LogP contribution in [0.15, 0.2) is 41.7 Å². The van der Waals surface area contributed by atoms with Crippen molar-refractivity contribution >= 4 is 5.96 Å². The van der Waals surface area contributed by atoms with Gasteiger partial charge < -0.3 is 10.2 Å². The number of nitrogens with one attached hydrogen (secondary N) is 1. The maximum Gasteiger partial charge on any atom is 0.194 e. The predicted octanol–water partition coefficient (Wildman–Crippen LogP) is 2.85.